The van der Waals surface area contributed by atoms with Crippen LogP contribution in [0.25, 0.3) is 0 Å². The molecular weight excluding hydrogens is 350 g/mol. The van der Waals surface area contributed by atoms with Crippen LogP contribution in [-0.4, -0.2) is 67.2 Å². The summed E-state index contributed by atoms with van der Waals surface area (Å²) in [6.07, 6.45) is 0. The molecular formula is C19H31N3O5. The van der Waals surface area contributed by atoms with Crippen LogP contribution in [0.3, 0.4) is 0 Å². The second-order valence-electron chi connectivity index (χ2n) is 6.61. The first-order chi connectivity index (χ1) is 12.7. The first-order valence-corrected chi connectivity index (χ1v) is 9.05. The third-order valence-electron chi connectivity index (χ3n) is 4.34. The molecule has 2 amide bonds. The maximum Gasteiger partial charge on any atom is 0.354 e. The van der Waals surface area contributed by atoms with Crippen molar-refractivity contribution in [3.63, 3.8) is 0 Å². The second kappa shape index (κ2) is 10.1. The van der Waals surface area contributed by atoms with Crippen LogP contribution in [-0.2, 0) is 16.0 Å². The Labute approximate surface area is 160 Å². The fourth-order valence-corrected chi connectivity index (χ4v) is 3.11. The van der Waals surface area contributed by atoms with Gasteiger partial charge in [0.05, 0.1) is 20.3 Å². The number of aromatic nitrogens is 1. The van der Waals surface area contributed by atoms with Crippen molar-refractivity contribution in [2.75, 3.05) is 33.9 Å². The Hall–Kier alpha value is -2.35. The van der Waals surface area contributed by atoms with Crippen molar-refractivity contribution in [3.05, 3.63) is 22.5 Å². The molecule has 0 atom stereocenters. The van der Waals surface area contributed by atoms with Crippen molar-refractivity contribution < 1.29 is 23.9 Å². The molecule has 1 heterocycles. The number of ether oxygens (including phenoxy) is 2. The molecule has 1 rings (SSSR count). The summed E-state index contributed by atoms with van der Waals surface area (Å²) in [5, 5.41) is 2.79. The minimum absolute atomic E-state index is 0.0479. The highest BCUT2D eigenvalue weighted by Crippen LogP contribution is 2.24. The summed E-state index contributed by atoms with van der Waals surface area (Å²) in [6, 6.07) is -0.373. The van der Waals surface area contributed by atoms with E-state index in [1.165, 1.54) is 12.0 Å². The van der Waals surface area contributed by atoms with Gasteiger partial charge in [-0.05, 0) is 40.2 Å². The average Bonchev–Trinajstić information content (AvgIpc) is 2.86. The van der Waals surface area contributed by atoms with Crippen molar-refractivity contribution in [1.82, 2.24) is 14.8 Å². The zero-order chi connectivity index (χ0) is 20.7. The van der Waals surface area contributed by atoms with E-state index in [1.807, 2.05) is 20.8 Å². The lowest BCUT2D eigenvalue weighted by Gasteiger charge is -2.23. The Morgan fingerprint density at radius 2 is 1.81 bits per heavy atom. The van der Waals surface area contributed by atoms with Gasteiger partial charge in [0, 0.05) is 37.5 Å². The van der Waals surface area contributed by atoms with Crippen molar-refractivity contribution >= 4 is 17.8 Å². The number of amides is 2. The number of ketones is 1. The summed E-state index contributed by atoms with van der Waals surface area (Å²) in [5.74, 6) is -0.706. The monoisotopic (exact) mass is 381 g/mol. The molecule has 0 saturated carbocycles. The number of carbonyl (C=O) groups is 3. The Bertz CT molecular complexity index is 694. The highest BCUT2D eigenvalue weighted by Gasteiger charge is 2.28. The van der Waals surface area contributed by atoms with Gasteiger partial charge in [-0.1, -0.05) is 0 Å². The molecule has 1 aromatic heterocycles. The third-order valence-corrected chi connectivity index (χ3v) is 4.34. The molecule has 0 fully saturated rings. The Kier molecular flexibility index (Phi) is 8.49. The molecule has 8 nitrogen and oxygen atoms in total. The molecule has 0 unspecified atom stereocenters. The lowest BCUT2D eigenvalue weighted by atomic mass is 10.1. The van der Waals surface area contributed by atoms with Gasteiger partial charge in [-0.2, -0.15) is 0 Å². The van der Waals surface area contributed by atoms with Gasteiger partial charge in [0.1, 0.15) is 5.69 Å². The standard InChI is InChI=1S/C19H31N3O5/c1-8-22-14(5)16(13(4)17(22)18(24)27-7)15(23)11-21(9-10-26-6)19(25)20-12(2)3/h12H,8-11H2,1-7H3,(H,20,25). The van der Waals surface area contributed by atoms with E-state index in [2.05, 4.69) is 5.32 Å². The van der Waals surface area contributed by atoms with Crippen molar-refractivity contribution in [3.8, 4) is 0 Å². The number of carbonyl (C=O) groups excluding carboxylic acids is 3. The third kappa shape index (κ3) is 5.32. The summed E-state index contributed by atoms with van der Waals surface area (Å²) in [7, 11) is 2.85. The maximum absolute atomic E-state index is 13.0. The van der Waals surface area contributed by atoms with E-state index in [0.717, 1.165) is 0 Å². The first-order valence-electron chi connectivity index (χ1n) is 9.05. The molecule has 0 spiro atoms. The summed E-state index contributed by atoms with van der Waals surface area (Å²) in [4.78, 5) is 39.0. The summed E-state index contributed by atoms with van der Waals surface area (Å²) in [5.41, 5.74) is 2.09. The number of hydrogen-bond donors (Lipinski definition) is 1. The molecule has 8 heteroatoms. The Morgan fingerprint density at radius 1 is 1.19 bits per heavy atom. The molecule has 0 aromatic carbocycles. The molecule has 0 aliphatic rings. The number of nitrogens with one attached hydrogen (secondary N) is 1. The SMILES string of the molecule is CCn1c(C)c(C(=O)CN(CCOC)C(=O)NC(C)C)c(C)c1C(=O)OC. The van der Waals surface area contributed by atoms with Crippen molar-refractivity contribution in [2.24, 2.45) is 0 Å². The Balaban J connectivity index is 3.20. The van der Waals surface area contributed by atoms with Crippen LogP contribution in [0.2, 0.25) is 0 Å². The van der Waals surface area contributed by atoms with E-state index in [9.17, 15) is 14.4 Å². The van der Waals surface area contributed by atoms with Gasteiger partial charge in [0.15, 0.2) is 5.78 Å². The zero-order valence-corrected chi connectivity index (χ0v) is 17.3. The van der Waals surface area contributed by atoms with Crippen LogP contribution in [0.5, 0.6) is 0 Å². The van der Waals surface area contributed by atoms with E-state index >= 15 is 0 Å². The van der Waals surface area contributed by atoms with E-state index < -0.39 is 5.97 Å². The van der Waals surface area contributed by atoms with Crippen LogP contribution in [0, 0.1) is 13.8 Å². The molecule has 1 aromatic rings. The second-order valence-corrected chi connectivity index (χ2v) is 6.61. The van der Waals surface area contributed by atoms with E-state index in [4.69, 9.17) is 9.47 Å². The predicted octanol–water partition coefficient (Wildman–Crippen LogP) is 2.16. The van der Waals surface area contributed by atoms with Gasteiger partial charge in [0.2, 0.25) is 0 Å². The molecule has 0 bridgehead atoms. The molecule has 0 radical (unpaired) electrons. The highest BCUT2D eigenvalue weighted by molar-refractivity contribution is 6.04. The number of urea groups is 1. The summed E-state index contributed by atoms with van der Waals surface area (Å²) >= 11 is 0. The number of hydrogen-bond acceptors (Lipinski definition) is 5. The van der Waals surface area contributed by atoms with E-state index in [0.29, 0.717) is 35.7 Å². The lowest BCUT2D eigenvalue weighted by molar-refractivity contribution is 0.0587. The van der Waals surface area contributed by atoms with Crippen LogP contribution in [0.15, 0.2) is 0 Å². The fourth-order valence-electron chi connectivity index (χ4n) is 3.11. The van der Waals surface area contributed by atoms with E-state index in [1.54, 1.807) is 25.5 Å². The van der Waals surface area contributed by atoms with Gasteiger partial charge in [-0.3, -0.25) is 4.79 Å². The molecule has 1 N–H and O–H groups in total. The Morgan fingerprint density at radius 3 is 2.30 bits per heavy atom. The van der Waals surface area contributed by atoms with Crippen molar-refractivity contribution in [2.45, 2.75) is 47.2 Å². The number of nitrogens with zero attached hydrogens (tertiary/aromatic N) is 2. The quantitative estimate of drug-likeness (QED) is 0.523. The summed E-state index contributed by atoms with van der Waals surface area (Å²) < 4.78 is 11.7. The highest BCUT2D eigenvalue weighted by atomic mass is 16.5. The normalized spacial score (nSPS) is 10.8. The topological polar surface area (TPSA) is 89.9 Å². The van der Waals surface area contributed by atoms with Crippen LogP contribution < -0.4 is 5.32 Å². The number of esters is 1. The lowest BCUT2D eigenvalue weighted by Crippen LogP contribution is -2.46. The first kappa shape index (κ1) is 22.7. The molecule has 152 valence electrons. The van der Waals surface area contributed by atoms with Gasteiger partial charge in [0.25, 0.3) is 0 Å². The molecule has 0 saturated heterocycles. The van der Waals surface area contributed by atoms with E-state index in [-0.39, 0.29) is 30.9 Å². The van der Waals surface area contributed by atoms with Gasteiger partial charge in [-0.25, -0.2) is 9.59 Å². The molecule has 0 aliphatic heterocycles. The number of methoxy groups -OCH3 is 2. The number of rotatable bonds is 9. The minimum Gasteiger partial charge on any atom is -0.464 e. The summed E-state index contributed by atoms with van der Waals surface area (Å²) in [6.45, 7) is 10.2. The maximum atomic E-state index is 13.0. The fraction of sp³-hybridized carbons (Fsp3) is 0.632. The minimum atomic E-state index is -0.481. The average molecular weight is 381 g/mol. The zero-order valence-electron chi connectivity index (χ0n) is 17.3. The predicted molar refractivity (Wildman–Crippen MR) is 102 cm³/mol. The van der Waals surface area contributed by atoms with Crippen LogP contribution >= 0.6 is 0 Å². The largest absolute Gasteiger partial charge is 0.464 e. The molecule has 0 aliphatic carbocycles. The van der Waals surface area contributed by atoms with Crippen LogP contribution in [0.1, 0.15) is 52.9 Å². The molecule has 27 heavy (non-hydrogen) atoms. The van der Waals surface area contributed by atoms with Gasteiger partial charge < -0.3 is 24.3 Å². The van der Waals surface area contributed by atoms with Crippen molar-refractivity contribution in [1.29, 1.82) is 0 Å². The number of Topliss-reactive ketones (excluding diaryl/α,β-unsaturated/α-hetero) is 1. The van der Waals surface area contributed by atoms with Gasteiger partial charge >= 0.3 is 12.0 Å². The van der Waals surface area contributed by atoms with Crippen LogP contribution in [0.4, 0.5) is 4.79 Å². The smallest absolute Gasteiger partial charge is 0.354 e. The van der Waals surface area contributed by atoms with Gasteiger partial charge in [-0.15, -0.1) is 0 Å².